The van der Waals surface area contributed by atoms with Gasteiger partial charge in [0.2, 0.25) is 11.7 Å². The maximum absolute atomic E-state index is 13.5. The Kier molecular flexibility index (Phi) is 4.69. The molecule has 0 aliphatic carbocycles. The molecule has 1 unspecified atom stereocenters. The van der Waals surface area contributed by atoms with E-state index >= 15 is 0 Å². The second kappa shape index (κ2) is 7.07. The maximum Gasteiger partial charge on any atom is 0.530 e. The number of aromatic amines is 1. The van der Waals surface area contributed by atoms with Gasteiger partial charge >= 0.3 is 13.5 Å². The number of phosphoric ester groups is 1. The summed E-state index contributed by atoms with van der Waals surface area (Å²) in [6.45, 7) is -0.860. The Bertz CT molecular complexity index is 1250. The number of nitrogens with one attached hydrogen (secondary N) is 1. The van der Waals surface area contributed by atoms with Crippen LogP contribution in [-0.4, -0.2) is 9.55 Å². The third-order valence-electron chi connectivity index (χ3n) is 3.77. The molecular formula is C16H10F3N2O7P. The molecule has 1 aliphatic rings. The number of aromatic nitrogens is 2. The Hall–Kier alpha value is -3.08. The van der Waals surface area contributed by atoms with E-state index in [4.69, 9.17) is 18.0 Å². The number of phosphoric acid groups is 1. The lowest BCUT2D eigenvalue weighted by atomic mass is 10.2. The van der Waals surface area contributed by atoms with Crippen molar-refractivity contribution in [2.24, 2.45) is 0 Å². The molecular weight excluding hydrogens is 420 g/mol. The van der Waals surface area contributed by atoms with Crippen molar-refractivity contribution in [1.82, 2.24) is 9.55 Å². The molecule has 0 radical (unpaired) electrons. The van der Waals surface area contributed by atoms with Crippen LogP contribution in [0.2, 0.25) is 0 Å². The van der Waals surface area contributed by atoms with Crippen LogP contribution in [0.15, 0.2) is 44.5 Å². The van der Waals surface area contributed by atoms with E-state index < -0.39 is 43.1 Å². The van der Waals surface area contributed by atoms with Gasteiger partial charge in [-0.15, -0.1) is 0 Å². The van der Waals surface area contributed by atoms with E-state index in [0.717, 1.165) is 18.2 Å². The Labute approximate surface area is 158 Å². The molecule has 2 aromatic heterocycles. The second-order valence-corrected chi connectivity index (χ2v) is 7.43. The number of H-pyrrole nitrogens is 1. The summed E-state index contributed by atoms with van der Waals surface area (Å²) in [6, 6.07) is 3.75. The van der Waals surface area contributed by atoms with Gasteiger partial charge in [0, 0.05) is 12.1 Å². The monoisotopic (exact) mass is 430 g/mol. The summed E-state index contributed by atoms with van der Waals surface area (Å²) in [7, 11) is -4.17. The molecule has 0 spiro atoms. The van der Waals surface area contributed by atoms with Crippen molar-refractivity contribution < 1.29 is 35.7 Å². The number of rotatable bonds is 4. The summed E-state index contributed by atoms with van der Waals surface area (Å²) in [5.41, 5.74) is -2.12. The molecule has 0 amide bonds. The van der Waals surface area contributed by atoms with Crippen LogP contribution in [-0.2, 0) is 26.8 Å². The Morgan fingerprint density at radius 2 is 1.86 bits per heavy atom. The molecule has 152 valence electrons. The average molecular weight is 430 g/mol. The van der Waals surface area contributed by atoms with Crippen molar-refractivity contribution in [3.8, 4) is 11.6 Å². The van der Waals surface area contributed by atoms with Crippen LogP contribution >= 0.6 is 7.82 Å². The van der Waals surface area contributed by atoms with Gasteiger partial charge in [0.25, 0.3) is 5.56 Å². The SMILES string of the molecule is O=c1[nH]c(=O)n(-c2cc3c(o2)COP(=O)(OCc2cc(F)cc(F)c2)O3)cc1F. The molecule has 13 heteroatoms. The topological polar surface area (TPSA) is 113 Å². The van der Waals surface area contributed by atoms with Gasteiger partial charge in [-0.05, 0) is 17.7 Å². The van der Waals surface area contributed by atoms with Crippen molar-refractivity contribution in [2.45, 2.75) is 13.2 Å². The van der Waals surface area contributed by atoms with Gasteiger partial charge in [-0.25, -0.2) is 22.7 Å². The normalized spacial score (nSPS) is 18.3. The molecule has 3 aromatic rings. The molecule has 1 atom stereocenters. The first-order valence-electron chi connectivity index (χ1n) is 7.91. The van der Waals surface area contributed by atoms with Crippen LogP contribution in [0.5, 0.6) is 5.75 Å². The van der Waals surface area contributed by atoms with Crippen LogP contribution in [0.4, 0.5) is 13.2 Å². The lowest BCUT2D eigenvalue weighted by Gasteiger charge is -2.21. The van der Waals surface area contributed by atoms with E-state index in [1.807, 2.05) is 0 Å². The molecule has 1 N–H and O–H groups in total. The van der Waals surface area contributed by atoms with E-state index in [9.17, 15) is 27.3 Å². The maximum atomic E-state index is 13.5. The fraction of sp³-hybridized carbons (Fsp3) is 0.125. The highest BCUT2D eigenvalue weighted by Gasteiger charge is 2.37. The van der Waals surface area contributed by atoms with Crippen molar-refractivity contribution in [1.29, 1.82) is 0 Å². The predicted molar refractivity (Wildman–Crippen MR) is 89.1 cm³/mol. The van der Waals surface area contributed by atoms with Crippen LogP contribution in [0, 0.1) is 17.5 Å². The fourth-order valence-electron chi connectivity index (χ4n) is 2.50. The van der Waals surface area contributed by atoms with E-state index in [-0.39, 0.29) is 29.6 Å². The first-order valence-corrected chi connectivity index (χ1v) is 9.37. The van der Waals surface area contributed by atoms with Gasteiger partial charge in [-0.2, -0.15) is 4.39 Å². The van der Waals surface area contributed by atoms with Crippen molar-refractivity contribution in [3.63, 3.8) is 0 Å². The van der Waals surface area contributed by atoms with E-state index in [0.29, 0.717) is 16.8 Å². The van der Waals surface area contributed by atoms with Crippen molar-refractivity contribution in [2.75, 3.05) is 0 Å². The smallest absolute Gasteiger partial charge is 0.438 e. The molecule has 3 heterocycles. The number of benzene rings is 1. The minimum absolute atomic E-state index is 0.0189. The molecule has 0 bridgehead atoms. The molecule has 1 aromatic carbocycles. The zero-order valence-electron chi connectivity index (χ0n) is 14.2. The third-order valence-corrected chi connectivity index (χ3v) is 5.08. The highest BCUT2D eigenvalue weighted by molar-refractivity contribution is 7.49. The first-order chi connectivity index (χ1) is 13.7. The molecule has 0 saturated carbocycles. The Morgan fingerprint density at radius 1 is 1.14 bits per heavy atom. The molecule has 9 nitrogen and oxygen atoms in total. The van der Waals surface area contributed by atoms with Gasteiger partial charge in [-0.1, -0.05) is 0 Å². The Balaban J connectivity index is 1.56. The summed E-state index contributed by atoms with van der Waals surface area (Å²) in [4.78, 5) is 24.7. The number of furan rings is 1. The number of nitrogens with zero attached hydrogens (tertiary/aromatic N) is 1. The quantitative estimate of drug-likeness (QED) is 0.634. The zero-order chi connectivity index (χ0) is 20.8. The van der Waals surface area contributed by atoms with Crippen LogP contribution in [0.3, 0.4) is 0 Å². The number of hydrogen-bond acceptors (Lipinski definition) is 7. The largest absolute Gasteiger partial charge is 0.530 e. The zero-order valence-corrected chi connectivity index (χ0v) is 15.1. The van der Waals surface area contributed by atoms with Crippen LogP contribution in [0.25, 0.3) is 5.88 Å². The number of hydrogen-bond donors (Lipinski definition) is 1. The predicted octanol–water partition coefficient (Wildman–Crippen LogP) is 2.77. The summed E-state index contributed by atoms with van der Waals surface area (Å²) in [5, 5.41) is 0. The molecule has 0 fully saturated rings. The lowest BCUT2D eigenvalue weighted by Crippen LogP contribution is -2.30. The standard InChI is InChI=1S/C16H10F3N2O7P/c17-9-1-8(2-10(18)3-9)6-25-29(24)26-7-13-12(28-29)4-14(27-13)21-5-11(19)15(22)20-16(21)23/h1-5H,6-7H2,(H,20,22,23). The summed E-state index contributed by atoms with van der Waals surface area (Å²) >= 11 is 0. The van der Waals surface area contributed by atoms with E-state index in [1.165, 1.54) is 0 Å². The van der Waals surface area contributed by atoms with Crippen LogP contribution in [0.1, 0.15) is 11.3 Å². The highest BCUT2D eigenvalue weighted by Crippen LogP contribution is 2.55. The third kappa shape index (κ3) is 3.90. The molecule has 0 saturated heterocycles. The Morgan fingerprint density at radius 3 is 2.59 bits per heavy atom. The second-order valence-electron chi connectivity index (χ2n) is 5.84. The summed E-state index contributed by atoms with van der Waals surface area (Å²) in [5.74, 6) is -3.24. The summed E-state index contributed by atoms with van der Waals surface area (Å²) in [6.07, 6.45) is 0.612. The minimum Gasteiger partial charge on any atom is -0.438 e. The number of halogens is 3. The van der Waals surface area contributed by atoms with Gasteiger partial charge in [-0.3, -0.25) is 18.8 Å². The van der Waals surface area contributed by atoms with Crippen LogP contribution < -0.4 is 15.8 Å². The van der Waals surface area contributed by atoms with Crippen molar-refractivity contribution >= 4 is 7.82 Å². The van der Waals surface area contributed by atoms with E-state index in [2.05, 4.69) is 0 Å². The van der Waals surface area contributed by atoms with E-state index in [1.54, 1.807) is 4.98 Å². The molecule has 1 aliphatic heterocycles. The first kappa shape index (κ1) is 19.2. The van der Waals surface area contributed by atoms with Gasteiger partial charge in [0.05, 0.1) is 12.8 Å². The molecule has 29 heavy (non-hydrogen) atoms. The van der Waals surface area contributed by atoms with Crippen molar-refractivity contribution in [3.05, 3.63) is 80.1 Å². The van der Waals surface area contributed by atoms with Gasteiger partial charge in [0.1, 0.15) is 18.2 Å². The average Bonchev–Trinajstić information content (AvgIpc) is 3.05. The minimum atomic E-state index is -4.17. The summed E-state index contributed by atoms with van der Waals surface area (Å²) < 4.78 is 73.6. The van der Waals surface area contributed by atoms with Gasteiger partial charge in [0.15, 0.2) is 11.5 Å². The van der Waals surface area contributed by atoms with Gasteiger partial charge < -0.3 is 8.94 Å². The lowest BCUT2D eigenvalue weighted by molar-refractivity contribution is 0.118. The number of fused-ring (bicyclic) bond motifs is 1. The fourth-order valence-corrected chi connectivity index (χ4v) is 3.66. The molecule has 4 rings (SSSR count). The highest BCUT2D eigenvalue weighted by atomic mass is 31.2.